The van der Waals surface area contributed by atoms with Crippen molar-refractivity contribution in [3.05, 3.63) is 84.6 Å². The molecule has 4 rings (SSSR count). The molecule has 4 aromatic rings. The molecule has 3 aromatic carbocycles. The number of hydrogen-bond donors (Lipinski definition) is 0. The zero-order valence-corrected chi connectivity index (χ0v) is 14.1. The van der Waals surface area contributed by atoms with E-state index in [2.05, 4.69) is 92.0 Å². The lowest BCUT2D eigenvalue weighted by molar-refractivity contribution is -0.659. The number of nitrogens with zero attached hydrogens (tertiary/aromatic N) is 1. The largest absolute Gasteiger partial charge is 0.220 e. The number of aryl methyl sites for hydroxylation is 2. The molecule has 0 radical (unpaired) electrons. The van der Waals surface area contributed by atoms with Crippen LogP contribution in [0.1, 0.15) is 11.1 Å². The number of pyridine rings is 1. The highest BCUT2D eigenvalue weighted by molar-refractivity contribution is 6.10. The van der Waals surface area contributed by atoms with E-state index in [1.165, 1.54) is 38.4 Å². The summed E-state index contributed by atoms with van der Waals surface area (Å²) in [6.45, 7) is 6.13. The van der Waals surface area contributed by atoms with Crippen molar-refractivity contribution in [1.29, 1.82) is 0 Å². The van der Waals surface area contributed by atoms with Crippen LogP contribution in [0.5, 0.6) is 0 Å². The standard InChI is InChI=1S/C23H20N/c1-4-17-10-9-16(2)15-22(17)23-21-12-11-18-7-5-6-8-19(18)20(21)13-14-24(23)3/h4-15H,1H2,2-3H3/q+1. The minimum Gasteiger partial charge on any atom is -0.200 e. The molecule has 1 heteroatoms. The number of rotatable bonds is 2. The van der Waals surface area contributed by atoms with Crippen molar-refractivity contribution < 1.29 is 4.57 Å². The summed E-state index contributed by atoms with van der Waals surface area (Å²) in [5.41, 5.74) is 4.88. The van der Waals surface area contributed by atoms with Crippen LogP contribution in [-0.2, 0) is 7.05 Å². The third kappa shape index (κ3) is 2.21. The maximum absolute atomic E-state index is 4.00. The monoisotopic (exact) mass is 310 g/mol. The van der Waals surface area contributed by atoms with E-state index in [9.17, 15) is 0 Å². The van der Waals surface area contributed by atoms with Gasteiger partial charge in [-0.25, -0.2) is 4.57 Å². The fourth-order valence-corrected chi connectivity index (χ4v) is 3.52. The molecule has 0 atom stereocenters. The Morgan fingerprint density at radius 3 is 2.54 bits per heavy atom. The van der Waals surface area contributed by atoms with Gasteiger partial charge in [0.15, 0.2) is 6.20 Å². The average Bonchev–Trinajstić information content (AvgIpc) is 2.61. The Hall–Kier alpha value is -2.93. The van der Waals surface area contributed by atoms with Crippen LogP contribution >= 0.6 is 0 Å². The van der Waals surface area contributed by atoms with Gasteiger partial charge in [0, 0.05) is 11.5 Å². The van der Waals surface area contributed by atoms with Crippen molar-refractivity contribution in [2.45, 2.75) is 6.92 Å². The Labute approximate surface area is 142 Å². The van der Waals surface area contributed by atoms with Gasteiger partial charge in [-0.3, -0.25) is 0 Å². The van der Waals surface area contributed by atoms with Crippen LogP contribution < -0.4 is 4.57 Å². The minimum atomic E-state index is 1.16. The van der Waals surface area contributed by atoms with E-state index in [0.29, 0.717) is 0 Å². The number of benzene rings is 3. The molecule has 0 fully saturated rings. The van der Waals surface area contributed by atoms with Crippen LogP contribution in [-0.4, -0.2) is 0 Å². The van der Waals surface area contributed by atoms with Crippen molar-refractivity contribution in [2.24, 2.45) is 7.05 Å². The van der Waals surface area contributed by atoms with Crippen molar-refractivity contribution in [1.82, 2.24) is 0 Å². The van der Waals surface area contributed by atoms with E-state index in [4.69, 9.17) is 0 Å². The molecule has 0 aliphatic carbocycles. The van der Waals surface area contributed by atoms with E-state index in [1.54, 1.807) is 0 Å². The highest BCUT2D eigenvalue weighted by Crippen LogP contribution is 2.33. The summed E-state index contributed by atoms with van der Waals surface area (Å²) < 4.78 is 2.21. The molecule has 0 spiro atoms. The zero-order chi connectivity index (χ0) is 16.7. The molecular formula is C23H20N+. The summed E-state index contributed by atoms with van der Waals surface area (Å²) in [5.74, 6) is 0. The van der Waals surface area contributed by atoms with Crippen LogP contribution in [0, 0.1) is 6.92 Å². The molecule has 1 nitrogen and oxygen atoms in total. The Morgan fingerprint density at radius 1 is 0.875 bits per heavy atom. The molecule has 0 bridgehead atoms. The second-order valence-electron chi connectivity index (χ2n) is 6.32. The predicted octanol–water partition coefficient (Wildman–Crippen LogP) is 5.44. The Kier molecular flexibility index (Phi) is 3.42. The molecule has 0 N–H and O–H groups in total. The molecule has 0 amide bonds. The van der Waals surface area contributed by atoms with Crippen molar-refractivity contribution in [3.63, 3.8) is 0 Å². The fourth-order valence-electron chi connectivity index (χ4n) is 3.52. The molecule has 116 valence electrons. The van der Waals surface area contributed by atoms with Crippen LogP contribution in [0.2, 0.25) is 0 Å². The maximum atomic E-state index is 4.00. The second kappa shape index (κ2) is 5.61. The molecule has 0 saturated carbocycles. The molecule has 0 saturated heterocycles. The molecule has 0 unspecified atom stereocenters. The SMILES string of the molecule is C=Cc1ccc(C)cc1-c1c2ccc3ccccc3c2cc[n+]1C. The van der Waals surface area contributed by atoms with Crippen LogP contribution in [0.3, 0.4) is 0 Å². The van der Waals surface area contributed by atoms with Gasteiger partial charge in [0.1, 0.15) is 7.05 Å². The number of fused-ring (bicyclic) bond motifs is 3. The highest BCUT2D eigenvalue weighted by atomic mass is 14.9. The first-order valence-corrected chi connectivity index (χ1v) is 8.22. The van der Waals surface area contributed by atoms with Crippen molar-refractivity contribution in [3.8, 4) is 11.3 Å². The van der Waals surface area contributed by atoms with Gasteiger partial charge < -0.3 is 0 Å². The Bertz CT molecular complexity index is 1090. The maximum Gasteiger partial charge on any atom is 0.220 e. The zero-order valence-electron chi connectivity index (χ0n) is 14.1. The van der Waals surface area contributed by atoms with Gasteiger partial charge >= 0.3 is 0 Å². The van der Waals surface area contributed by atoms with Gasteiger partial charge in [0.25, 0.3) is 0 Å². The van der Waals surface area contributed by atoms with Crippen molar-refractivity contribution in [2.75, 3.05) is 0 Å². The summed E-state index contributed by atoms with van der Waals surface area (Å²) in [5, 5.41) is 5.13. The van der Waals surface area contributed by atoms with Gasteiger partial charge in [-0.05, 0) is 35.4 Å². The van der Waals surface area contributed by atoms with E-state index in [1.807, 2.05) is 6.08 Å². The number of hydrogen-bond acceptors (Lipinski definition) is 0. The second-order valence-corrected chi connectivity index (χ2v) is 6.32. The van der Waals surface area contributed by atoms with Crippen molar-refractivity contribution >= 4 is 27.6 Å². The highest BCUT2D eigenvalue weighted by Gasteiger charge is 2.18. The molecule has 24 heavy (non-hydrogen) atoms. The Balaban J connectivity index is 2.16. The topological polar surface area (TPSA) is 3.88 Å². The van der Waals surface area contributed by atoms with Gasteiger partial charge in [0.05, 0.1) is 10.9 Å². The minimum absolute atomic E-state index is 1.16. The normalized spacial score (nSPS) is 11.1. The first-order valence-electron chi connectivity index (χ1n) is 8.22. The lowest BCUT2D eigenvalue weighted by Crippen LogP contribution is -2.30. The van der Waals surface area contributed by atoms with E-state index < -0.39 is 0 Å². The predicted molar refractivity (Wildman–Crippen MR) is 103 cm³/mol. The summed E-state index contributed by atoms with van der Waals surface area (Å²) in [6, 6.07) is 21.8. The third-order valence-electron chi connectivity index (χ3n) is 4.73. The van der Waals surface area contributed by atoms with Crippen LogP contribution in [0.25, 0.3) is 38.9 Å². The average molecular weight is 310 g/mol. The lowest BCUT2D eigenvalue weighted by atomic mass is 9.95. The van der Waals surface area contributed by atoms with Gasteiger partial charge in [0.2, 0.25) is 5.69 Å². The van der Waals surface area contributed by atoms with E-state index >= 15 is 0 Å². The molecule has 0 aliphatic rings. The lowest BCUT2D eigenvalue weighted by Gasteiger charge is -2.10. The third-order valence-corrected chi connectivity index (χ3v) is 4.73. The summed E-state index contributed by atoms with van der Waals surface area (Å²) in [4.78, 5) is 0. The van der Waals surface area contributed by atoms with Gasteiger partial charge in [-0.2, -0.15) is 0 Å². The first kappa shape index (κ1) is 14.6. The summed E-state index contributed by atoms with van der Waals surface area (Å²) in [7, 11) is 2.11. The van der Waals surface area contributed by atoms with Crippen LogP contribution in [0.15, 0.2) is 73.4 Å². The van der Waals surface area contributed by atoms with E-state index in [0.717, 1.165) is 5.56 Å². The molecule has 0 aliphatic heterocycles. The quantitative estimate of drug-likeness (QED) is 0.343. The molecular weight excluding hydrogens is 290 g/mol. The van der Waals surface area contributed by atoms with Gasteiger partial charge in [-0.1, -0.05) is 60.7 Å². The first-order chi connectivity index (χ1) is 11.7. The number of aromatic nitrogens is 1. The molecule has 1 heterocycles. The summed E-state index contributed by atoms with van der Waals surface area (Å²) >= 11 is 0. The Morgan fingerprint density at radius 2 is 1.71 bits per heavy atom. The summed E-state index contributed by atoms with van der Waals surface area (Å²) in [6.07, 6.45) is 4.09. The smallest absolute Gasteiger partial charge is 0.200 e. The molecule has 1 aromatic heterocycles. The van der Waals surface area contributed by atoms with E-state index in [-0.39, 0.29) is 0 Å². The van der Waals surface area contributed by atoms with Gasteiger partial charge in [-0.15, -0.1) is 0 Å². The fraction of sp³-hybridized carbons (Fsp3) is 0.0870. The van der Waals surface area contributed by atoms with Crippen LogP contribution in [0.4, 0.5) is 0 Å².